The summed E-state index contributed by atoms with van der Waals surface area (Å²) in [6.45, 7) is 0. The van der Waals surface area contributed by atoms with E-state index in [0.29, 0.717) is 12.2 Å². The number of aromatic carboxylic acids is 1. The quantitative estimate of drug-likeness (QED) is 0.419. The fraction of sp³-hybridized carbons (Fsp3) is 0.0800. The molecule has 0 aromatic heterocycles. The number of carboxylic acids is 1. The summed E-state index contributed by atoms with van der Waals surface area (Å²) >= 11 is 0. The van der Waals surface area contributed by atoms with Gasteiger partial charge in [0.1, 0.15) is 5.75 Å². The van der Waals surface area contributed by atoms with Crippen LogP contribution >= 0.6 is 0 Å². The van der Waals surface area contributed by atoms with Gasteiger partial charge in [0.2, 0.25) is 0 Å². The molecule has 1 N–H and O–H groups in total. The van der Waals surface area contributed by atoms with E-state index in [1.54, 1.807) is 36.4 Å². The van der Waals surface area contributed by atoms with Gasteiger partial charge in [-0.2, -0.15) is 0 Å². The number of ether oxygens (including phenoxy) is 1. The van der Waals surface area contributed by atoms with Crippen LogP contribution in [0.4, 0.5) is 5.69 Å². The minimum Gasteiger partial charge on any atom is -0.478 e. The van der Waals surface area contributed by atoms with Gasteiger partial charge in [-0.1, -0.05) is 54.6 Å². The summed E-state index contributed by atoms with van der Waals surface area (Å²) in [5, 5.41) is 20.0. The van der Waals surface area contributed by atoms with Crippen LogP contribution in [0.25, 0.3) is 5.57 Å². The first kappa shape index (κ1) is 20.1. The predicted octanol–water partition coefficient (Wildman–Crippen LogP) is 5.61. The Morgan fingerprint density at radius 3 is 2.19 bits per heavy atom. The number of nitrogens with zero attached hydrogens (tertiary/aromatic N) is 1. The molecule has 0 bridgehead atoms. The number of non-ortho nitro benzene ring substituents is 1. The number of rotatable bonds is 6. The average Bonchev–Trinajstić information content (AvgIpc) is 2.80. The van der Waals surface area contributed by atoms with Gasteiger partial charge in [0.15, 0.2) is 5.60 Å². The molecular weight excluding hydrogens is 394 g/mol. The lowest BCUT2D eigenvalue weighted by atomic mass is 9.83. The van der Waals surface area contributed by atoms with Crippen LogP contribution in [0.1, 0.15) is 27.9 Å². The minimum absolute atomic E-state index is 0.00675. The van der Waals surface area contributed by atoms with Crippen LogP contribution in [-0.4, -0.2) is 16.0 Å². The third-order valence-corrected chi connectivity index (χ3v) is 5.23. The number of allylic oxidation sites excluding steroid dienone is 2. The Bertz CT molecular complexity index is 1160. The summed E-state index contributed by atoms with van der Waals surface area (Å²) in [7, 11) is 0. The topological polar surface area (TPSA) is 89.7 Å². The monoisotopic (exact) mass is 413 g/mol. The molecular formula is C25H19NO5. The minimum atomic E-state index is -0.959. The van der Waals surface area contributed by atoms with Gasteiger partial charge in [-0.25, -0.2) is 4.79 Å². The van der Waals surface area contributed by atoms with Crippen molar-refractivity contribution in [2.75, 3.05) is 0 Å². The first-order chi connectivity index (χ1) is 15.0. The van der Waals surface area contributed by atoms with E-state index in [1.165, 1.54) is 12.1 Å². The van der Waals surface area contributed by atoms with E-state index in [1.807, 2.05) is 48.6 Å². The zero-order valence-electron chi connectivity index (χ0n) is 16.5. The van der Waals surface area contributed by atoms with Crippen molar-refractivity contribution in [2.24, 2.45) is 0 Å². The van der Waals surface area contributed by atoms with E-state index in [0.717, 1.165) is 16.7 Å². The van der Waals surface area contributed by atoms with Gasteiger partial charge >= 0.3 is 5.97 Å². The summed E-state index contributed by atoms with van der Waals surface area (Å²) < 4.78 is 6.37. The zero-order chi connectivity index (χ0) is 21.8. The lowest BCUT2D eigenvalue weighted by Gasteiger charge is -2.34. The van der Waals surface area contributed by atoms with E-state index < -0.39 is 16.5 Å². The number of carboxylic acid groups (broad SMARTS) is 1. The number of hydrogen-bond donors (Lipinski definition) is 1. The van der Waals surface area contributed by atoms with Crippen molar-refractivity contribution in [1.29, 1.82) is 0 Å². The second kappa shape index (κ2) is 8.28. The summed E-state index contributed by atoms with van der Waals surface area (Å²) in [5.41, 5.74) is 2.33. The molecule has 1 aliphatic rings. The van der Waals surface area contributed by atoms with Crippen LogP contribution < -0.4 is 4.74 Å². The molecule has 3 aromatic rings. The Labute approximate surface area is 178 Å². The summed E-state index contributed by atoms with van der Waals surface area (Å²) in [4.78, 5) is 21.6. The van der Waals surface area contributed by atoms with E-state index in [4.69, 9.17) is 9.84 Å². The second-order valence-corrected chi connectivity index (χ2v) is 7.19. The molecule has 0 aliphatic heterocycles. The summed E-state index contributed by atoms with van der Waals surface area (Å²) in [6, 6.07) is 22.5. The molecule has 1 aliphatic carbocycles. The lowest BCUT2D eigenvalue weighted by Crippen LogP contribution is -2.31. The highest BCUT2D eigenvalue weighted by Gasteiger charge is 2.33. The third kappa shape index (κ3) is 4.23. The summed E-state index contributed by atoms with van der Waals surface area (Å²) in [5.74, 6) is -0.430. The Kier molecular flexibility index (Phi) is 5.37. The number of benzene rings is 3. The fourth-order valence-corrected chi connectivity index (χ4v) is 3.56. The van der Waals surface area contributed by atoms with Gasteiger partial charge in [0.05, 0.1) is 10.5 Å². The highest BCUT2D eigenvalue weighted by molar-refractivity contribution is 5.88. The van der Waals surface area contributed by atoms with E-state index in [9.17, 15) is 14.9 Å². The van der Waals surface area contributed by atoms with Crippen LogP contribution in [0.2, 0.25) is 0 Å². The van der Waals surface area contributed by atoms with Crippen molar-refractivity contribution in [1.82, 2.24) is 0 Å². The molecule has 3 aromatic carbocycles. The molecule has 0 spiro atoms. The van der Waals surface area contributed by atoms with Crippen LogP contribution in [0.5, 0.6) is 5.75 Å². The van der Waals surface area contributed by atoms with Crippen molar-refractivity contribution in [3.05, 3.63) is 124 Å². The molecule has 0 heterocycles. The highest BCUT2D eigenvalue weighted by atomic mass is 16.6. The van der Waals surface area contributed by atoms with Crippen LogP contribution in [-0.2, 0) is 5.60 Å². The third-order valence-electron chi connectivity index (χ3n) is 5.23. The first-order valence-electron chi connectivity index (χ1n) is 9.69. The molecule has 6 heteroatoms. The maximum Gasteiger partial charge on any atom is 0.335 e. The van der Waals surface area contributed by atoms with E-state index >= 15 is 0 Å². The molecule has 0 amide bonds. The highest BCUT2D eigenvalue weighted by Crippen LogP contribution is 2.38. The van der Waals surface area contributed by atoms with Gasteiger partial charge < -0.3 is 9.84 Å². The number of hydrogen-bond acceptors (Lipinski definition) is 4. The van der Waals surface area contributed by atoms with Gasteiger partial charge in [-0.05, 0) is 47.0 Å². The molecule has 0 radical (unpaired) electrons. The number of nitro benzene ring substituents is 1. The SMILES string of the molecule is O=C(O)c1ccc(C2=CCC(Oc3ccc([N+](=O)[O-])cc3)(c3ccccc3)C=C2)cc1. The normalized spacial score (nSPS) is 17.6. The van der Waals surface area contributed by atoms with Crippen molar-refractivity contribution < 1.29 is 19.6 Å². The number of carbonyl (C=O) groups is 1. The van der Waals surface area contributed by atoms with Gasteiger partial charge in [-0.15, -0.1) is 0 Å². The second-order valence-electron chi connectivity index (χ2n) is 7.19. The van der Waals surface area contributed by atoms with Gasteiger partial charge in [0, 0.05) is 18.6 Å². The molecule has 6 nitrogen and oxygen atoms in total. The van der Waals surface area contributed by atoms with Crippen molar-refractivity contribution in [3.8, 4) is 5.75 Å². The molecule has 1 atom stereocenters. The smallest absolute Gasteiger partial charge is 0.335 e. The molecule has 0 saturated carbocycles. The zero-order valence-corrected chi connectivity index (χ0v) is 16.5. The lowest BCUT2D eigenvalue weighted by molar-refractivity contribution is -0.384. The molecule has 31 heavy (non-hydrogen) atoms. The first-order valence-corrected chi connectivity index (χ1v) is 9.69. The predicted molar refractivity (Wildman–Crippen MR) is 117 cm³/mol. The maximum absolute atomic E-state index is 11.1. The molecule has 0 saturated heterocycles. The van der Waals surface area contributed by atoms with E-state index in [-0.39, 0.29) is 11.3 Å². The van der Waals surface area contributed by atoms with Gasteiger partial charge in [0.25, 0.3) is 5.69 Å². The van der Waals surface area contributed by atoms with Crippen LogP contribution in [0.3, 0.4) is 0 Å². The largest absolute Gasteiger partial charge is 0.478 e. The van der Waals surface area contributed by atoms with Gasteiger partial charge in [-0.3, -0.25) is 10.1 Å². The fourth-order valence-electron chi connectivity index (χ4n) is 3.56. The maximum atomic E-state index is 11.1. The number of nitro groups is 1. The molecule has 0 fully saturated rings. The van der Waals surface area contributed by atoms with E-state index in [2.05, 4.69) is 0 Å². The van der Waals surface area contributed by atoms with Crippen LogP contribution in [0, 0.1) is 10.1 Å². The Morgan fingerprint density at radius 1 is 0.968 bits per heavy atom. The molecule has 4 rings (SSSR count). The van der Waals surface area contributed by atoms with Crippen molar-refractivity contribution >= 4 is 17.2 Å². The average molecular weight is 413 g/mol. The summed E-state index contributed by atoms with van der Waals surface area (Å²) in [6.07, 6.45) is 6.52. The molecule has 154 valence electrons. The van der Waals surface area contributed by atoms with Crippen LogP contribution in [0.15, 0.2) is 97.1 Å². The van der Waals surface area contributed by atoms with Crippen molar-refractivity contribution in [3.63, 3.8) is 0 Å². The molecule has 1 unspecified atom stereocenters. The Hall–Kier alpha value is -4.19. The Balaban J connectivity index is 1.64. The Morgan fingerprint density at radius 2 is 1.65 bits per heavy atom. The van der Waals surface area contributed by atoms with Crippen molar-refractivity contribution in [2.45, 2.75) is 12.0 Å². The standard InChI is InChI=1S/C25H19NO5/c27-24(28)20-8-6-18(7-9-20)19-14-16-25(17-15-19,21-4-2-1-3-5-21)31-23-12-10-22(11-13-23)26(29)30/h1-16H,17H2,(H,27,28).